The Kier molecular flexibility index (Phi) is 74.1. The van der Waals surface area contributed by atoms with Crippen LogP contribution >= 0.6 is 15.6 Å². The van der Waals surface area contributed by atoms with Crippen LogP contribution in [0.25, 0.3) is 0 Å². The van der Waals surface area contributed by atoms with Crippen molar-refractivity contribution in [2.24, 2.45) is 11.8 Å². The fourth-order valence-corrected chi connectivity index (χ4v) is 14.6. The van der Waals surface area contributed by atoms with Gasteiger partial charge in [-0.25, -0.2) is 9.13 Å². The second kappa shape index (κ2) is 75.5. The molecule has 612 valence electrons. The quantitative estimate of drug-likeness (QED) is 0.0222. The van der Waals surface area contributed by atoms with Crippen LogP contribution in [-0.2, 0) is 65.4 Å². The highest BCUT2D eigenvalue weighted by Gasteiger charge is 2.30. The summed E-state index contributed by atoms with van der Waals surface area (Å²) in [5, 5.41) is 10.7. The molecular formula is C84H164O17P2. The zero-order valence-corrected chi connectivity index (χ0v) is 69.4. The van der Waals surface area contributed by atoms with Crippen LogP contribution in [0.2, 0.25) is 0 Å². The number of ether oxygens (including phenoxy) is 4. The van der Waals surface area contributed by atoms with E-state index in [2.05, 4.69) is 41.5 Å². The van der Waals surface area contributed by atoms with Gasteiger partial charge >= 0.3 is 39.5 Å². The first kappa shape index (κ1) is 101. The molecule has 0 aromatic rings. The molecule has 19 heteroatoms. The van der Waals surface area contributed by atoms with Crippen LogP contribution in [0.1, 0.15) is 446 Å². The van der Waals surface area contributed by atoms with E-state index in [0.717, 1.165) is 102 Å². The highest BCUT2D eigenvalue weighted by atomic mass is 31.2. The normalized spacial score (nSPS) is 14.1. The first-order valence-electron chi connectivity index (χ1n) is 43.5. The SMILES string of the molecule is CCCCCCCCCCCCCCCCCCCC(=O)OC[C@H](COP(=O)(O)OC[C@@H](O)COP(=O)(O)OC[C@@H](COC(=O)CCCCCCCCCCCC)OC(=O)CCCCCCCCCCCCCC(C)C)OC(=O)CCCCCCCCCCCCCCCCCCCCC(C)CC. The minimum Gasteiger partial charge on any atom is -0.462 e. The van der Waals surface area contributed by atoms with Crippen molar-refractivity contribution in [2.45, 2.75) is 464 Å². The summed E-state index contributed by atoms with van der Waals surface area (Å²) in [5.41, 5.74) is 0. The van der Waals surface area contributed by atoms with Crippen LogP contribution < -0.4 is 0 Å². The Morgan fingerprint density at radius 3 is 0.738 bits per heavy atom. The molecule has 0 aliphatic carbocycles. The maximum Gasteiger partial charge on any atom is 0.472 e. The van der Waals surface area contributed by atoms with Gasteiger partial charge in [-0.15, -0.1) is 0 Å². The molecule has 0 radical (unpaired) electrons. The van der Waals surface area contributed by atoms with Crippen LogP contribution in [0, 0.1) is 11.8 Å². The molecule has 0 fully saturated rings. The summed E-state index contributed by atoms with van der Waals surface area (Å²) in [7, 11) is -9.92. The van der Waals surface area contributed by atoms with E-state index in [-0.39, 0.29) is 25.7 Å². The predicted molar refractivity (Wildman–Crippen MR) is 423 cm³/mol. The van der Waals surface area contributed by atoms with Crippen LogP contribution in [-0.4, -0.2) is 96.7 Å². The van der Waals surface area contributed by atoms with E-state index >= 15 is 0 Å². The Morgan fingerprint density at radius 1 is 0.282 bits per heavy atom. The monoisotopic (exact) mass is 1510 g/mol. The van der Waals surface area contributed by atoms with E-state index in [1.165, 1.54) is 263 Å². The second-order valence-electron chi connectivity index (χ2n) is 30.9. The van der Waals surface area contributed by atoms with E-state index in [1.807, 2.05) is 0 Å². The predicted octanol–water partition coefficient (Wildman–Crippen LogP) is 25.5. The number of unbranched alkanes of at least 4 members (excludes halogenated alkanes) is 52. The summed E-state index contributed by atoms with van der Waals surface area (Å²) in [6.07, 6.45) is 66.6. The molecular weight excluding hydrogens is 1340 g/mol. The number of aliphatic hydroxyl groups excluding tert-OH is 1. The molecule has 0 saturated heterocycles. The highest BCUT2D eigenvalue weighted by molar-refractivity contribution is 7.47. The van der Waals surface area contributed by atoms with Crippen molar-refractivity contribution in [3.63, 3.8) is 0 Å². The topological polar surface area (TPSA) is 237 Å². The van der Waals surface area contributed by atoms with Gasteiger partial charge in [-0.1, -0.05) is 395 Å². The van der Waals surface area contributed by atoms with Gasteiger partial charge in [0, 0.05) is 25.7 Å². The smallest absolute Gasteiger partial charge is 0.462 e. The number of aliphatic hydroxyl groups is 1. The average molecular weight is 1510 g/mol. The molecule has 6 atom stereocenters. The molecule has 0 aromatic heterocycles. The third-order valence-corrected chi connectivity index (χ3v) is 22.0. The maximum atomic E-state index is 13.1. The number of hydrogen-bond donors (Lipinski definition) is 3. The molecule has 103 heavy (non-hydrogen) atoms. The molecule has 0 aromatic carbocycles. The summed E-state index contributed by atoms with van der Waals surface area (Å²) in [5.74, 6) is -0.468. The molecule has 0 amide bonds. The Labute approximate surface area is 632 Å². The number of phosphoric ester groups is 2. The van der Waals surface area contributed by atoms with Gasteiger partial charge < -0.3 is 33.8 Å². The zero-order valence-electron chi connectivity index (χ0n) is 67.6. The van der Waals surface area contributed by atoms with Gasteiger partial charge in [0.05, 0.1) is 26.4 Å². The Balaban J connectivity index is 5.22. The van der Waals surface area contributed by atoms with E-state index in [4.69, 9.17) is 37.0 Å². The van der Waals surface area contributed by atoms with Crippen molar-refractivity contribution < 1.29 is 80.2 Å². The number of esters is 4. The number of rotatable bonds is 83. The van der Waals surface area contributed by atoms with Gasteiger partial charge in [-0.3, -0.25) is 37.3 Å². The highest BCUT2D eigenvalue weighted by Crippen LogP contribution is 2.45. The molecule has 0 aliphatic rings. The standard InChI is InChI=1S/C84H164O17P2/c1-7-10-12-14-16-18-20-21-22-25-29-32-37-43-49-55-61-67-82(87)95-73-80(100-83(88)68-62-56-50-44-38-33-30-27-24-23-26-28-31-36-41-47-53-59-65-77(6)9-3)75-99-103(92,93)97-71-78(85)70-96-102(90,91)98-74-79(72-94-81(86)66-60-54-48-42-19-17-15-13-11-8-2)101-84(89)69-63-57-51-45-39-34-35-40-46-52-58-64-76(4)5/h76-80,85H,7-75H2,1-6H3,(H,90,91)(H,92,93)/t77?,78-,79+,80+/m0/s1. The number of carbonyl (C=O) groups is 4. The lowest BCUT2D eigenvalue weighted by molar-refractivity contribution is -0.161. The van der Waals surface area contributed by atoms with Gasteiger partial charge in [-0.05, 0) is 37.5 Å². The van der Waals surface area contributed by atoms with E-state index in [1.54, 1.807) is 0 Å². The fraction of sp³-hybridized carbons (Fsp3) is 0.952. The number of carbonyl (C=O) groups excluding carboxylic acids is 4. The van der Waals surface area contributed by atoms with Crippen LogP contribution in [0.5, 0.6) is 0 Å². The summed E-state index contributed by atoms with van der Waals surface area (Å²) in [6, 6.07) is 0. The molecule has 0 rings (SSSR count). The van der Waals surface area contributed by atoms with Crippen LogP contribution in [0.15, 0.2) is 0 Å². The van der Waals surface area contributed by atoms with Gasteiger partial charge in [0.25, 0.3) is 0 Å². The molecule has 0 saturated carbocycles. The first-order valence-corrected chi connectivity index (χ1v) is 46.5. The lowest BCUT2D eigenvalue weighted by atomic mass is 9.99. The van der Waals surface area contributed by atoms with Crippen molar-refractivity contribution in [3.8, 4) is 0 Å². The minimum absolute atomic E-state index is 0.107. The van der Waals surface area contributed by atoms with E-state index < -0.39 is 97.5 Å². The van der Waals surface area contributed by atoms with Crippen molar-refractivity contribution in [3.05, 3.63) is 0 Å². The third-order valence-electron chi connectivity index (χ3n) is 20.1. The summed E-state index contributed by atoms with van der Waals surface area (Å²) < 4.78 is 68.8. The lowest BCUT2D eigenvalue weighted by Gasteiger charge is -2.21. The maximum absolute atomic E-state index is 13.1. The average Bonchev–Trinajstić information content (AvgIpc) is 0.914. The first-order chi connectivity index (χ1) is 49.9. The number of phosphoric acid groups is 2. The van der Waals surface area contributed by atoms with Gasteiger partial charge in [0.1, 0.15) is 19.3 Å². The molecule has 3 unspecified atom stereocenters. The zero-order chi connectivity index (χ0) is 75.6. The summed E-state index contributed by atoms with van der Waals surface area (Å²) in [4.78, 5) is 73.1. The Morgan fingerprint density at radius 2 is 0.495 bits per heavy atom. The van der Waals surface area contributed by atoms with Gasteiger partial charge in [0.15, 0.2) is 12.2 Å². The minimum atomic E-state index is -4.96. The van der Waals surface area contributed by atoms with E-state index in [0.29, 0.717) is 25.7 Å². The molecule has 0 heterocycles. The summed E-state index contributed by atoms with van der Waals surface area (Å²) >= 11 is 0. The Bertz CT molecular complexity index is 1980. The van der Waals surface area contributed by atoms with Crippen molar-refractivity contribution in [1.29, 1.82) is 0 Å². The molecule has 0 aliphatic heterocycles. The van der Waals surface area contributed by atoms with Crippen LogP contribution in [0.3, 0.4) is 0 Å². The lowest BCUT2D eigenvalue weighted by Crippen LogP contribution is -2.30. The summed E-state index contributed by atoms with van der Waals surface area (Å²) in [6.45, 7) is 9.72. The molecule has 0 bridgehead atoms. The largest absolute Gasteiger partial charge is 0.472 e. The van der Waals surface area contributed by atoms with Crippen molar-refractivity contribution in [2.75, 3.05) is 39.6 Å². The fourth-order valence-electron chi connectivity index (χ4n) is 13.0. The van der Waals surface area contributed by atoms with Crippen molar-refractivity contribution >= 4 is 39.5 Å². The molecule has 17 nitrogen and oxygen atoms in total. The second-order valence-corrected chi connectivity index (χ2v) is 33.8. The molecule has 0 spiro atoms. The van der Waals surface area contributed by atoms with Crippen LogP contribution in [0.4, 0.5) is 0 Å². The van der Waals surface area contributed by atoms with E-state index in [9.17, 15) is 43.2 Å². The Hall–Kier alpha value is -1.94. The number of hydrogen-bond acceptors (Lipinski definition) is 15. The molecule has 3 N–H and O–H groups in total. The van der Waals surface area contributed by atoms with Gasteiger partial charge in [0.2, 0.25) is 0 Å². The van der Waals surface area contributed by atoms with Crippen molar-refractivity contribution in [1.82, 2.24) is 0 Å². The third kappa shape index (κ3) is 76.6. The van der Waals surface area contributed by atoms with Gasteiger partial charge in [-0.2, -0.15) is 0 Å².